The number of ether oxygens (including phenoxy) is 1. The fourth-order valence-corrected chi connectivity index (χ4v) is 4.29. The van der Waals surface area contributed by atoms with Crippen LogP contribution >= 0.6 is 35.6 Å². The van der Waals surface area contributed by atoms with Crippen molar-refractivity contribution in [3.05, 3.63) is 76.2 Å². The Kier molecular flexibility index (Phi) is 7.83. The largest absolute Gasteiger partial charge is 0.482 e. The molecule has 0 radical (unpaired) electrons. The molecule has 0 aromatic heterocycles. The van der Waals surface area contributed by atoms with Crippen LogP contribution in [0.5, 0.6) is 5.75 Å². The minimum absolute atomic E-state index is 0.00589. The molecule has 1 heterocycles. The maximum atomic E-state index is 12.8. The highest BCUT2D eigenvalue weighted by Crippen LogP contribution is 2.34. The summed E-state index contributed by atoms with van der Waals surface area (Å²) in [6.07, 6.45) is -1.30. The highest BCUT2D eigenvalue weighted by Gasteiger charge is 2.31. The van der Waals surface area contributed by atoms with Gasteiger partial charge in [0.1, 0.15) is 10.1 Å². The van der Waals surface area contributed by atoms with Gasteiger partial charge in [0.25, 0.3) is 11.8 Å². The number of halogens is 4. The number of hydrogen-bond acceptors (Lipinski definition) is 5. The molecule has 1 N–H and O–H groups in total. The highest BCUT2D eigenvalue weighted by atomic mass is 35.5. The van der Waals surface area contributed by atoms with Gasteiger partial charge in [0, 0.05) is 12.2 Å². The van der Waals surface area contributed by atoms with Crippen molar-refractivity contribution in [2.24, 2.45) is 0 Å². The minimum Gasteiger partial charge on any atom is -0.482 e. The molecule has 11 heteroatoms. The highest BCUT2D eigenvalue weighted by molar-refractivity contribution is 8.26. The molecule has 0 bridgehead atoms. The number of carbonyl (C=O) groups excluding carboxylic acids is 2. The van der Waals surface area contributed by atoms with Crippen LogP contribution in [0.2, 0.25) is 5.02 Å². The van der Waals surface area contributed by atoms with Crippen molar-refractivity contribution in [1.29, 1.82) is 0 Å². The van der Waals surface area contributed by atoms with E-state index in [1.807, 2.05) is 0 Å². The molecule has 1 aliphatic heterocycles. The van der Waals surface area contributed by atoms with Crippen LogP contribution in [0, 0.1) is 0 Å². The maximum absolute atomic E-state index is 12.8. The molecule has 2 aromatic carbocycles. The summed E-state index contributed by atoms with van der Waals surface area (Å²) in [5.74, 6) is -0.680. The molecular weight excluding hydrogens is 497 g/mol. The third kappa shape index (κ3) is 6.37. The topological polar surface area (TPSA) is 58.6 Å². The zero-order chi connectivity index (χ0) is 24.2. The Morgan fingerprint density at radius 1 is 1.27 bits per heavy atom. The number of benzene rings is 2. The molecule has 0 unspecified atom stereocenters. The van der Waals surface area contributed by atoms with E-state index in [1.54, 1.807) is 24.3 Å². The number of thioether (sulfide) groups is 1. The lowest BCUT2D eigenvalue weighted by Crippen LogP contribution is -2.27. The molecule has 33 heavy (non-hydrogen) atoms. The first kappa shape index (κ1) is 24.8. The molecule has 0 saturated carbocycles. The quantitative estimate of drug-likeness (QED) is 0.290. The van der Waals surface area contributed by atoms with Gasteiger partial charge in [-0.2, -0.15) is 13.2 Å². The van der Waals surface area contributed by atoms with Gasteiger partial charge in [-0.05, 0) is 42.0 Å². The zero-order valence-corrected chi connectivity index (χ0v) is 19.2. The Hall–Kier alpha value is -2.82. The molecule has 1 saturated heterocycles. The number of rotatable bonds is 7. The van der Waals surface area contributed by atoms with E-state index < -0.39 is 24.3 Å². The molecule has 5 nitrogen and oxygen atoms in total. The summed E-state index contributed by atoms with van der Waals surface area (Å²) < 4.78 is 44.2. The minimum atomic E-state index is -4.52. The van der Waals surface area contributed by atoms with Crippen molar-refractivity contribution in [1.82, 2.24) is 4.90 Å². The van der Waals surface area contributed by atoms with E-state index in [1.165, 1.54) is 34.9 Å². The second-order valence-corrected chi connectivity index (χ2v) is 8.77. The average Bonchev–Trinajstić information content (AvgIpc) is 3.00. The van der Waals surface area contributed by atoms with E-state index in [0.29, 0.717) is 21.3 Å². The van der Waals surface area contributed by atoms with Gasteiger partial charge >= 0.3 is 6.18 Å². The van der Waals surface area contributed by atoms with E-state index in [2.05, 4.69) is 11.9 Å². The second-order valence-electron chi connectivity index (χ2n) is 6.69. The van der Waals surface area contributed by atoms with Crippen LogP contribution in [-0.4, -0.2) is 34.2 Å². The van der Waals surface area contributed by atoms with E-state index in [9.17, 15) is 22.8 Å². The van der Waals surface area contributed by atoms with E-state index in [-0.39, 0.29) is 22.4 Å². The van der Waals surface area contributed by atoms with Crippen LogP contribution in [0.4, 0.5) is 18.9 Å². The van der Waals surface area contributed by atoms with Crippen LogP contribution in [0.3, 0.4) is 0 Å². The van der Waals surface area contributed by atoms with Crippen molar-refractivity contribution in [3.63, 3.8) is 0 Å². The van der Waals surface area contributed by atoms with Crippen molar-refractivity contribution < 1.29 is 27.5 Å². The molecule has 1 fully saturated rings. The first-order valence-corrected chi connectivity index (χ1v) is 10.9. The third-order valence-corrected chi connectivity index (χ3v) is 5.94. The first-order chi connectivity index (χ1) is 15.6. The molecule has 0 aliphatic carbocycles. The number of alkyl halides is 3. The predicted molar refractivity (Wildman–Crippen MR) is 127 cm³/mol. The standard InChI is InChI=1S/C22H16ClF3N2O3S2/c1-2-8-28-20(30)18(33-21(28)32)10-13-6-7-17(16(23)9-13)31-12-19(29)27-15-5-3-4-14(11-15)22(24,25)26/h2-7,9-11H,1,8,12H2,(H,27,29)/b18-10-. The van der Waals surface area contributed by atoms with Crippen LogP contribution < -0.4 is 10.1 Å². The van der Waals surface area contributed by atoms with Crippen LogP contribution in [0.1, 0.15) is 11.1 Å². The van der Waals surface area contributed by atoms with Gasteiger partial charge < -0.3 is 10.1 Å². The normalized spacial score (nSPS) is 15.2. The number of carbonyl (C=O) groups is 2. The fraction of sp³-hybridized carbons (Fsp3) is 0.136. The number of thiocarbonyl (C=S) groups is 1. The smallest absolute Gasteiger partial charge is 0.416 e. The maximum Gasteiger partial charge on any atom is 0.416 e. The van der Waals surface area contributed by atoms with Crippen LogP contribution in [0.15, 0.2) is 60.0 Å². The number of amides is 2. The first-order valence-electron chi connectivity index (χ1n) is 9.34. The Morgan fingerprint density at radius 2 is 2.03 bits per heavy atom. The second kappa shape index (κ2) is 10.4. The Bertz CT molecular complexity index is 1150. The van der Waals surface area contributed by atoms with Gasteiger partial charge in [-0.15, -0.1) is 6.58 Å². The van der Waals surface area contributed by atoms with Gasteiger partial charge in [0.2, 0.25) is 0 Å². The molecule has 172 valence electrons. The van der Waals surface area contributed by atoms with E-state index in [4.69, 9.17) is 28.6 Å². The summed E-state index contributed by atoms with van der Waals surface area (Å²) >= 11 is 12.6. The molecule has 1 aliphatic rings. The molecule has 0 atom stereocenters. The van der Waals surface area contributed by atoms with Crippen molar-refractivity contribution in [2.45, 2.75) is 6.18 Å². The van der Waals surface area contributed by atoms with Crippen molar-refractivity contribution >= 4 is 63.5 Å². The monoisotopic (exact) mass is 512 g/mol. The molecule has 2 amide bonds. The summed E-state index contributed by atoms with van der Waals surface area (Å²) in [4.78, 5) is 26.3. The number of nitrogens with one attached hydrogen (secondary N) is 1. The SMILES string of the molecule is C=CCN1C(=O)/C(=C/c2ccc(OCC(=O)Nc3cccc(C(F)(F)F)c3)c(Cl)c2)SC1=S. The van der Waals surface area contributed by atoms with E-state index in [0.717, 1.165) is 12.1 Å². The van der Waals surface area contributed by atoms with Gasteiger partial charge in [-0.25, -0.2) is 0 Å². The molecule has 2 aromatic rings. The van der Waals surface area contributed by atoms with Crippen molar-refractivity contribution in [3.8, 4) is 5.75 Å². The van der Waals surface area contributed by atoms with Crippen LogP contribution in [-0.2, 0) is 15.8 Å². The van der Waals surface area contributed by atoms with Gasteiger partial charge in [-0.1, -0.05) is 53.8 Å². The number of nitrogens with zero attached hydrogens (tertiary/aromatic N) is 1. The molecule has 3 rings (SSSR count). The van der Waals surface area contributed by atoms with Crippen LogP contribution in [0.25, 0.3) is 6.08 Å². The van der Waals surface area contributed by atoms with Gasteiger partial charge in [-0.3, -0.25) is 14.5 Å². The molecule has 0 spiro atoms. The molecular formula is C22H16ClF3N2O3S2. The number of hydrogen-bond donors (Lipinski definition) is 1. The summed E-state index contributed by atoms with van der Waals surface area (Å²) in [5, 5.41) is 2.54. The number of anilines is 1. The Balaban J connectivity index is 1.62. The summed E-state index contributed by atoms with van der Waals surface area (Å²) in [5.41, 5.74) is -0.255. The average molecular weight is 513 g/mol. The fourth-order valence-electron chi connectivity index (χ4n) is 2.78. The lowest BCUT2D eigenvalue weighted by Gasteiger charge is -2.11. The van der Waals surface area contributed by atoms with Gasteiger partial charge in [0.05, 0.1) is 15.5 Å². The third-order valence-electron chi connectivity index (χ3n) is 4.27. The Labute approximate surface area is 202 Å². The van der Waals surface area contributed by atoms with Gasteiger partial charge in [0.15, 0.2) is 6.61 Å². The Morgan fingerprint density at radius 3 is 2.70 bits per heavy atom. The lowest BCUT2D eigenvalue weighted by atomic mass is 10.2. The van der Waals surface area contributed by atoms with Crippen molar-refractivity contribution in [2.75, 3.05) is 18.5 Å². The lowest BCUT2D eigenvalue weighted by molar-refractivity contribution is -0.137. The summed E-state index contributed by atoms with van der Waals surface area (Å²) in [6.45, 7) is 3.46. The summed E-state index contributed by atoms with van der Waals surface area (Å²) in [6, 6.07) is 9.00. The van der Waals surface area contributed by atoms with E-state index >= 15 is 0 Å². The zero-order valence-electron chi connectivity index (χ0n) is 16.8. The predicted octanol–water partition coefficient (Wildman–Crippen LogP) is 5.76. The summed E-state index contributed by atoms with van der Waals surface area (Å²) in [7, 11) is 0.